The van der Waals surface area contributed by atoms with Gasteiger partial charge in [-0.2, -0.15) is 0 Å². The molecule has 1 atom stereocenters. The smallest absolute Gasteiger partial charge is 0.338 e. The second-order valence-corrected chi connectivity index (χ2v) is 11.5. The van der Waals surface area contributed by atoms with Gasteiger partial charge in [-0.15, -0.1) is 0 Å². The number of hydrogen-bond donors (Lipinski definition) is 0. The molecule has 1 aliphatic heterocycles. The lowest BCUT2D eigenvalue weighted by Gasteiger charge is -2.24. The van der Waals surface area contributed by atoms with Crippen molar-refractivity contribution in [2.75, 3.05) is 34.0 Å². The summed E-state index contributed by atoms with van der Waals surface area (Å²) in [6.07, 6.45) is 1.79. The van der Waals surface area contributed by atoms with Crippen LogP contribution in [0.2, 0.25) is 0 Å². The van der Waals surface area contributed by atoms with Crippen molar-refractivity contribution >= 4 is 23.4 Å². The highest BCUT2D eigenvalue weighted by Crippen LogP contribution is 2.32. The standard InChI is InChI=1S/C35H36N2O7S/c1-7-42-34(39)31-23(4)36-35-37(32(31)25-9-11-26(40-5)12-10-25)33(38)30(45-35)20-24-8-13-28(29(19-24)41-6)44-15-14-43-27-17-21(2)16-22(3)18-27/h8-13,16-20,32H,7,14-15H2,1-6H3. The molecule has 0 spiro atoms. The summed E-state index contributed by atoms with van der Waals surface area (Å²) in [7, 11) is 3.15. The molecule has 0 bridgehead atoms. The van der Waals surface area contributed by atoms with Gasteiger partial charge in [0, 0.05) is 0 Å². The number of benzene rings is 3. The maximum absolute atomic E-state index is 13.9. The summed E-state index contributed by atoms with van der Waals surface area (Å²) >= 11 is 1.26. The molecule has 9 nitrogen and oxygen atoms in total. The Morgan fingerprint density at radius 2 is 1.60 bits per heavy atom. The molecule has 0 saturated carbocycles. The molecule has 0 saturated heterocycles. The number of esters is 1. The van der Waals surface area contributed by atoms with Crippen LogP contribution in [0.3, 0.4) is 0 Å². The maximum atomic E-state index is 13.9. The first-order chi connectivity index (χ1) is 21.7. The minimum atomic E-state index is -0.704. The van der Waals surface area contributed by atoms with E-state index >= 15 is 0 Å². The van der Waals surface area contributed by atoms with E-state index in [-0.39, 0.29) is 12.2 Å². The van der Waals surface area contributed by atoms with E-state index in [0.29, 0.717) is 51.1 Å². The average Bonchev–Trinajstić information content (AvgIpc) is 3.32. The zero-order valence-corrected chi connectivity index (χ0v) is 27.0. The summed E-state index contributed by atoms with van der Waals surface area (Å²) < 4.78 is 30.1. The number of carbonyl (C=O) groups excluding carboxylic acids is 1. The highest BCUT2D eigenvalue weighted by Gasteiger charge is 2.33. The van der Waals surface area contributed by atoms with Crippen LogP contribution in [0, 0.1) is 13.8 Å². The van der Waals surface area contributed by atoms with Crippen LogP contribution in [-0.4, -0.2) is 44.6 Å². The number of methoxy groups -OCH3 is 2. The second kappa shape index (κ2) is 13.9. The van der Waals surface area contributed by atoms with Crippen LogP contribution in [-0.2, 0) is 9.53 Å². The van der Waals surface area contributed by atoms with Gasteiger partial charge in [0.2, 0.25) is 0 Å². The van der Waals surface area contributed by atoms with Crippen LogP contribution < -0.4 is 33.8 Å². The quantitative estimate of drug-likeness (QED) is 0.172. The first-order valence-corrected chi connectivity index (χ1v) is 15.4. The van der Waals surface area contributed by atoms with Gasteiger partial charge in [-0.25, -0.2) is 9.79 Å². The summed E-state index contributed by atoms with van der Waals surface area (Å²) in [5, 5.41) is 0. The van der Waals surface area contributed by atoms with Gasteiger partial charge in [0.15, 0.2) is 16.3 Å². The molecule has 3 aromatic carbocycles. The van der Waals surface area contributed by atoms with Crippen molar-refractivity contribution in [3.8, 4) is 23.0 Å². The normalized spacial score (nSPS) is 14.4. The number of hydrogen-bond acceptors (Lipinski definition) is 9. The number of thiazole rings is 1. The van der Waals surface area contributed by atoms with E-state index in [2.05, 4.69) is 11.1 Å². The van der Waals surface area contributed by atoms with Crippen LogP contribution in [0.5, 0.6) is 23.0 Å². The van der Waals surface area contributed by atoms with Crippen molar-refractivity contribution in [3.63, 3.8) is 0 Å². The molecule has 0 aliphatic carbocycles. The van der Waals surface area contributed by atoms with Crippen LogP contribution >= 0.6 is 11.3 Å². The molecule has 1 unspecified atom stereocenters. The van der Waals surface area contributed by atoms with Crippen molar-refractivity contribution in [3.05, 3.63) is 114 Å². The highest BCUT2D eigenvalue weighted by molar-refractivity contribution is 7.07. The lowest BCUT2D eigenvalue weighted by atomic mass is 9.96. The molecule has 5 rings (SSSR count). The fourth-order valence-electron chi connectivity index (χ4n) is 5.27. The highest BCUT2D eigenvalue weighted by atomic mass is 32.1. The molecule has 0 radical (unpaired) electrons. The molecule has 2 heterocycles. The van der Waals surface area contributed by atoms with E-state index in [0.717, 1.165) is 28.0 Å². The molecule has 0 fully saturated rings. The van der Waals surface area contributed by atoms with Crippen molar-refractivity contribution < 1.29 is 28.5 Å². The molecule has 234 valence electrons. The number of allylic oxidation sites excluding steroid dienone is 1. The fourth-order valence-corrected chi connectivity index (χ4v) is 6.31. The van der Waals surface area contributed by atoms with Crippen LogP contribution in [0.15, 0.2) is 81.7 Å². The Hall–Kier alpha value is -4.83. The number of rotatable bonds is 11. The third kappa shape index (κ3) is 6.96. The molecule has 0 N–H and O–H groups in total. The fraction of sp³-hybridized carbons (Fsp3) is 0.286. The van der Waals surface area contributed by atoms with Crippen LogP contribution in [0.25, 0.3) is 6.08 Å². The molecule has 4 aromatic rings. The summed E-state index contributed by atoms with van der Waals surface area (Å²) in [6, 6.07) is 18.1. The van der Waals surface area contributed by atoms with E-state index < -0.39 is 12.0 Å². The SMILES string of the molecule is CCOC(=O)C1=C(C)N=c2sc(=Cc3ccc(OCCOc4cc(C)cc(C)c4)c(OC)c3)c(=O)n2C1c1ccc(OC)cc1. The number of ether oxygens (including phenoxy) is 5. The minimum Gasteiger partial charge on any atom is -0.497 e. The zero-order valence-electron chi connectivity index (χ0n) is 26.2. The predicted molar refractivity (Wildman–Crippen MR) is 173 cm³/mol. The number of aryl methyl sites for hydroxylation is 2. The van der Waals surface area contributed by atoms with E-state index in [1.807, 2.05) is 56.3 Å². The molecule has 1 aromatic heterocycles. The van der Waals surface area contributed by atoms with Crippen LogP contribution in [0.1, 0.15) is 42.1 Å². The monoisotopic (exact) mass is 628 g/mol. The van der Waals surface area contributed by atoms with E-state index in [4.69, 9.17) is 23.7 Å². The Kier molecular flexibility index (Phi) is 9.73. The first-order valence-electron chi connectivity index (χ1n) is 14.6. The first kappa shape index (κ1) is 31.6. The summed E-state index contributed by atoms with van der Waals surface area (Å²) in [5.41, 5.74) is 4.33. The summed E-state index contributed by atoms with van der Waals surface area (Å²) in [5.74, 6) is 2.06. The van der Waals surface area contributed by atoms with Gasteiger partial charge in [0.1, 0.15) is 24.7 Å². The minimum absolute atomic E-state index is 0.205. The van der Waals surface area contributed by atoms with Gasteiger partial charge in [-0.1, -0.05) is 35.6 Å². The molecule has 45 heavy (non-hydrogen) atoms. The third-order valence-corrected chi connectivity index (χ3v) is 8.22. The summed E-state index contributed by atoms with van der Waals surface area (Å²) in [6.45, 7) is 8.48. The Balaban J connectivity index is 1.43. The van der Waals surface area contributed by atoms with Gasteiger partial charge in [-0.05, 0) is 92.4 Å². The lowest BCUT2D eigenvalue weighted by molar-refractivity contribution is -0.139. The molecule has 10 heteroatoms. The van der Waals surface area contributed by atoms with Gasteiger partial charge in [0.25, 0.3) is 5.56 Å². The van der Waals surface area contributed by atoms with Crippen LogP contribution in [0.4, 0.5) is 0 Å². The Morgan fingerprint density at radius 3 is 2.27 bits per heavy atom. The maximum Gasteiger partial charge on any atom is 0.338 e. The number of aromatic nitrogens is 1. The zero-order chi connectivity index (χ0) is 32.1. The predicted octanol–water partition coefficient (Wildman–Crippen LogP) is 4.89. The largest absolute Gasteiger partial charge is 0.497 e. The van der Waals surface area contributed by atoms with Gasteiger partial charge in [0.05, 0.1) is 42.7 Å². The van der Waals surface area contributed by atoms with Crippen molar-refractivity contribution in [2.24, 2.45) is 4.99 Å². The second-order valence-electron chi connectivity index (χ2n) is 10.5. The van der Waals surface area contributed by atoms with E-state index in [9.17, 15) is 9.59 Å². The van der Waals surface area contributed by atoms with E-state index in [1.54, 1.807) is 50.8 Å². The molecule has 1 aliphatic rings. The third-order valence-electron chi connectivity index (χ3n) is 7.24. The average molecular weight is 629 g/mol. The number of carbonyl (C=O) groups is 1. The summed E-state index contributed by atoms with van der Waals surface area (Å²) in [4.78, 5) is 32.2. The Morgan fingerprint density at radius 1 is 0.889 bits per heavy atom. The Bertz CT molecular complexity index is 1900. The molecule has 0 amide bonds. The number of fused-ring (bicyclic) bond motifs is 1. The van der Waals surface area contributed by atoms with Gasteiger partial charge < -0.3 is 23.7 Å². The van der Waals surface area contributed by atoms with Crippen molar-refractivity contribution in [2.45, 2.75) is 33.7 Å². The van der Waals surface area contributed by atoms with E-state index in [1.165, 1.54) is 11.3 Å². The number of nitrogens with zero attached hydrogens (tertiary/aromatic N) is 2. The topological polar surface area (TPSA) is 97.6 Å². The van der Waals surface area contributed by atoms with Gasteiger partial charge in [-0.3, -0.25) is 9.36 Å². The van der Waals surface area contributed by atoms with Crippen molar-refractivity contribution in [1.29, 1.82) is 0 Å². The van der Waals surface area contributed by atoms with Gasteiger partial charge >= 0.3 is 5.97 Å². The van der Waals surface area contributed by atoms with Crippen molar-refractivity contribution in [1.82, 2.24) is 4.57 Å². The molecular formula is C35H36N2O7S. The molecular weight excluding hydrogens is 592 g/mol. The lowest BCUT2D eigenvalue weighted by Crippen LogP contribution is -2.39. The Labute approximate surface area is 265 Å².